The number of nitrogens with zero attached hydrogens (tertiary/aromatic N) is 1. The Kier molecular flexibility index (Phi) is 4.52. The van der Waals surface area contributed by atoms with E-state index >= 15 is 0 Å². The minimum absolute atomic E-state index is 0.0639. The third-order valence-corrected chi connectivity index (χ3v) is 2.98. The Morgan fingerprint density at radius 1 is 1.25 bits per heavy atom. The number of nitriles is 1. The van der Waals surface area contributed by atoms with Gasteiger partial charge < -0.3 is 5.32 Å². The van der Waals surface area contributed by atoms with Crippen LogP contribution in [0.25, 0.3) is 0 Å². The molecule has 86 valence electrons. The summed E-state index contributed by atoms with van der Waals surface area (Å²) in [6, 6.07) is 9.04. The van der Waals surface area contributed by atoms with Crippen molar-refractivity contribution in [2.75, 3.05) is 6.54 Å². The van der Waals surface area contributed by atoms with Crippen LogP contribution in [0.15, 0.2) is 18.2 Å². The van der Waals surface area contributed by atoms with Crippen LogP contribution in [0, 0.1) is 31.1 Å². The molecule has 2 unspecified atom stereocenters. The zero-order valence-electron chi connectivity index (χ0n) is 10.5. The van der Waals surface area contributed by atoms with Gasteiger partial charge in [0.1, 0.15) is 0 Å². The molecule has 1 N–H and O–H groups in total. The van der Waals surface area contributed by atoms with E-state index in [0.717, 1.165) is 6.54 Å². The second-order valence-corrected chi connectivity index (χ2v) is 4.50. The molecule has 2 nitrogen and oxygen atoms in total. The molecule has 0 saturated carbocycles. The van der Waals surface area contributed by atoms with Crippen molar-refractivity contribution in [3.05, 3.63) is 34.9 Å². The molecule has 0 spiro atoms. The molecule has 16 heavy (non-hydrogen) atoms. The van der Waals surface area contributed by atoms with E-state index in [1.807, 2.05) is 6.92 Å². The number of rotatable bonds is 4. The maximum absolute atomic E-state index is 8.71. The average Bonchev–Trinajstić information content (AvgIpc) is 2.29. The first kappa shape index (κ1) is 12.7. The Balaban J connectivity index is 2.63. The van der Waals surface area contributed by atoms with Crippen molar-refractivity contribution >= 4 is 0 Å². The summed E-state index contributed by atoms with van der Waals surface area (Å²) in [4.78, 5) is 0. The van der Waals surface area contributed by atoms with Crippen molar-refractivity contribution in [3.8, 4) is 6.07 Å². The van der Waals surface area contributed by atoms with Gasteiger partial charge in [-0.2, -0.15) is 5.26 Å². The zero-order valence-corrected chi connectivity index (χ0v) is 10.5. The standard InChI is InChI=1S/C14H20N2/c1-10(8-15)9-16-13(4)14-6-5-11(2)12(3)7-14/h5-7,10,13,16H,9H2,1-4H3. The van der Waals surface area contributed by atoms with Gasteiger partial charge in [0, 0.05) is 12.6 Å². The first-order valence-corrected chi connectivity index (χ1v) is 5.74. The van der Waals surface area contributed by atoms with Crippen LogP contribution in [-0.2, 0) is 0 Å². The number of hydrogen-bond acceptors (Lipinski definition) is 2. The number of benzene rings is 1. The van der Waals surface area contributed by atoms with Crippen LogP contribution in [0.4, 0.5) is 0 Å². The second kappa shape index (κ2) is 5.67. The molecule has 1 aromatic carbocycles. The molecule has 0 heterocycles. The molecule has 2 heteroatoms. The molecule has 0 aliphatic heterocycles. The molecule has 0 aliphatic carbocycles. The highest BCUT2D eigenvalue weighted by atomic mass is 14.9. The predicted octanol–water partition coefficient (Wildman–Crippen LogP) is 3.11. The Bertz CT molecular complexity index is 390. The van der Waals surface area contributed by atoms with Crippen LogP contribution in [-0.4, -0.2) is 6.54 Å². The lowest BCUT2D eigenvalue weighted by Gasteiger charge is -2.16. The lowest BCUT2D eigenvalue weighted by molar-refractivity contribution is 0.527. The quantitative estimate of drug-likeness (QED) is 0.839. The van der Waals surface area contributed by atoms with Gasteiger partial charge in [0.15, 0.2) is 0 Å². The first-order valence-electron chi connectivity index (χ1n) is 5.74. The fourth-order valence-electron chi connectivity index (χ4n) is 1.55. The molecule has 0 radical (unpaired) electrons. The van der Waals surface area contributed by atoms with Gasteiger partial charge in [-0.25, -0.2) is 0 Å². The van der Waals surface area contributed by atoms with Gasteiger partial charge in [0.25, 0.3) is 0 Å². The van der Waals surface area contributed by atoms with Crippen molar-refractivity contribution in [3.63, 3.8) is 0 Å². The summed E-state index contributed by atoms with van der Waals surface area (Å²) in [5.41, 5.74) is 3.93. The molecule has 2 atom stereocenters. The summed E-state index contributed by atoms with van der Waals surface area (Å²) in [7, 11) is 0. The topological polar surface area (TPSA) is 35.8 Å². The monoisotopic (exact) mass is 216 g/mol. The van der Waals surface area contributed by atoms with E-state index in [4.69, 9.17) is 5.26 Å². The molecular formula is C14H20N2. The zero-order chi connectivity index (χ0) is 12.1. The third kappa shape index (κ3) is 3.36. The Morgan fingerprint density at radius 3 is 2.50 bits per heavy atom. The van der Waals surface area contributed by atoms with E-state index in [9.17, 15) is 0 Å². The van der Waals surface area contributed by atoms with Crippen LogP contribution in [0.5, 0.6) is 0 Å². The van der Waals surface area contributed by atoms with Gasteiger partial charge in [-0.15, -0.1) is 0 Å². The molecule has 1 rings (SSSR count). The number of aryl methyl sites for hydroxylation is 2. The van der Waals surface area contributed by atoms with E-state index in [0.29, 0.717) is 6.04 Å². The van der Waals surface area contributed by atoms with Crippen LogP contribution >= 0.6 is 0 Å². The normalized spacial score (nSPS) is 14.2. The minimum Gasteiger partial charge on any atom is -0.309 e. The van der Waals surface area contributed by atoms with E-state index in [1.54, 1.807) is 0 Å². The highest BCUT2D eigenvalue weighted by Gasteiger charge is 2.07. The molecule has 0 saturated heterocycles. The van der Waals surface area contributed by atoms with Gasteiger partial charge in [0.2, 0.25) is 0 Å². The fraction of sp³-hybridized carbons (Fsp3) is 0.500. The van der Waals surface area contributed by atoms with Crippen molar-refractivity contribution < 1.29 is 0 Å². The highest BCUT2D eigenvalue weighted by molar-refractivity contribution is 5.31. The average molecular weight is 216 g/mol. The maximum atomic E-state index is 8.71. The minimum atomic E-state index is 0.0639. The van der Waals surface area contributed by atoms with Crippen LogP contribution < -0.4 is 5.32 Å². The predicted molar refractivity (Wildman–Crippen MR) is 67.1 cm³/mol. The molecule has 1 aromatic rings. The summed E-state index contributed by atoms with van der Waals surface area (Å²) in [6.07, 6.45) is 0. The Morgan fingerprint density at radius 2 is 1.94 bits per heavy atom. The van der Waals surface area contributed by atoms with Gasteiger partial charge in [-0.1, -0.05) is 18.2 Å². The lowest BCUT2D eigenvalue weighted by Crippen LogP contribution is -2.23. The SMILES string of the molecule is Cc1ccc(C(C)NCC(C)C#N)cc1C. The molecule has 0 amide bonds. The van der Waals surface area contributed by atoms with Gasteiger partial charge in [-0.05, 0) is 44.4 Å². The number of nitrogens with one attached hydrogen (secondary N) is 1. The van der Waals surface area contributed by atoms with Crippen LogP contribution in [0.3, 0.4) is 0 Å². The van der Waals surface area contributed by atoms with Crippen LogP contribution in [0.1, 0.15) is 36.6 Å². The largest absolute Gasteiger partial charge is 0.309 e. The molecular weight excluding hydrogens is 196 g/mol. The lowest BCUT2D eigenvalue weighted by atomic mass is 10.0. The smallest absolute Gasteiger partial charge is 0.0666 e. The summed E-state index contributed by atoms with van der Waals surface area (Å²) >= 11 is 0. The molecule has 0 fully saturated rings. The Hall–Kier alpha value is -1.33. The van der Waals surface area contributed by atoms with Gasteiger partial charge in [0.05, 0.1) is 12.0 Å². The van der Waals surface area contributed by atoms with E-state index < -0.39 is 0 Å². The van der Waals surface area contributed by atoms with Gasteiger partial charge in [-0.3, -0.25) is 0 Å². The molecule has 0 aromatic heterocycles. The maximum Gasteiger partial charge on any atom is 0.0666 e. The third-order valence-electron chi connectivity index (χ3n) is 2.98. The van der Waals surface area contributed by atoms with Crippen molar-refractivity contribution in [2.24, 2.45) is 5.92 Å². The Labute approximate surface area is 98.3 Å². The molecule has 0 aliphatic rings. The summed E-state index contributed by atoms with van der Waals surface area (Å²) in [5, 5.41) is 12.1. The first-order chi connectivity index (χ1) is 7.54. The van der Waals surface area contributed by atoms with Crippen LogP contribution in [0.2, 0.25) is 0 Å². The highest BCUT2D eigenvalue weighted by Crippen LogP contribution is 2.16. The van der Waals surface area contributed by atoms with Crippen molar-refractivity contribution in [1.29, 1.82) is 5.26 Å². The van der Waals surface area contributed by atoms with E-state index in [-0.39, 0.29) is 5.92 Å². The van der Waals surface area contributed by atoms with Crippen molar-refractivity contribution in [2.45, 2.75) is 33.7 Å². The number of hydrogen-bond donors (Lipinski definition) is 1. The fourth-order valence-corrected chi connectivity index (χ4v) is 1.55. The summed E-state index contributed by atoms with van der Waals surface area (Å²) in [5.74, 6) is 0.0639. The van der Waals surface area contributed by atoms with Gasteiger partial charge >= 0.3 is 0 Å². The molecule has 0 bridgehead atoms. The summed E-state index contributed by atoms with van der Waals surface area (Å²) in [6.45, 7) is 9.05. The van der Waals surface area contributed by atoms with E-state index in [2.05, 4.69) is 50.4 Å². The van der Waals surface area contributed by atoms with E-state index in [1.165, 1.54) is 16.7 Å². The second-order valence-electron chi connectivity index (χ2n) is 4.50. The van der Waals surface area contributed by atoms with Crippen molar-refractivity contribution in [1.82, 2.24) is 5.32 Å². The summed E-state index contributed by atoms with van der Waals surface area (Å²) < 4.78 is 0.